The van der Waals surface area contributed by atoms with Gasteiger partial charge in [0.15, 0.2) is 0 Å². The zero-order chi connectivity index (χ0) is 11.4. The lowest BCUT2D eigenvalue weighted by Gasteiger charge is -2.31. The molecule has 0 rings (SSSR count). The van der Waals surface area contributed by atoms with Crippen molar-refractivity contribution in [2.45, 2.75) is 33.6 Å². The molecule has 0 N–H and O–H groups in total. The van der Waals surface area contributed by atoms with Crippen LogP contribution in [0.4, 0.5) is 0 Å². The molecule has 14 heavy (non-hydrogen) atoms. The average molecular weight is 285 g/mol. The SMILES string of the molecule is CC(C)C(C)(CBr)CCCS(C)(=O)=O. The Balaban J connectivity index is 4.10. The van der Waals surface area contributed by atoms with E-state index in [1.54, 1.807) is 0 Å². The van der Waals surface area contributed by atoms with E-state index < -0.39 is 9.84 Å². The maximum Gasteiger partial charge on any atom is 0.147 e. The van der Waals surface area contributed by atoms with Crippen molar-refractivity contribution in [1.29, 1.82) is 0 Å². The Morgan fingerprint density at radius 1 is 1.36 bits per heavy atom. The van der Waals surface area contributed by atoms with Gasteiger partial charge in [0.25, 0.3) is 0 Å². The first-order valence-corrected chi connectivity index (χ1v) is 8.13. The molecular formula is C10H21BrO2S. The zero-order valence-corrected chi connectivity index (χ0v) is 11.9. The molecule has 0 aromatic carbocycles. The molecule has 0 radical (unpaired) electrons. The fourth-order valence-electron chi connectivity index (χ4n) is 1.25. The van der Waals surface area contributed by atoms with Crippen LogP contribution >= 0.6 is 15.9 Å². The van der Waals surface area contributed by atoms with Crippen LogP contribution in [0.25, 0.3) is 0 Å². The van der Waals surface area contributed by atoms with Gasteiger partial charge >= 0.3 is 0 Å². The van der Waals surface area contributed by atoms with Crippen molar-refractivity contribution in [2.75, 3.05) is 17.3 Å². The molecule has 0 amide bonds. The molecule has 0 aliphatic carbocycles. The maximum atomic E-state index is 11.0. The predicted molar refractivity (Wildman–Crippen MR) is 65.7 cm³/mol. The summed E-state index contributed by atoms with van der Waals surface area (Å²) in [7, 11) is -2.80. The highest BCUT2D eigenvalue weighted by Gasteiger charge is 2.26. The van der Waals surface area contributed by atoms with Gasteiger partial charge in [-0.15, -0.1) is 0 Å². The van der Waals surface area contributed by atoms with Crippen molar-refractivity contribution in [3.8, 4) is 0 Å². The van der Waals surface area contributed by atoms with E-state index in [0.717, 1.165) is 18.2 Å². The fourth-order valence-corrected chi connectivity index (χ4v) is 2.84. The van der Waals surface area contributed by atoms with E-state index in [-0.39, 0.29) is 5.41 Å². The minimum atomic E-state index is -2.80. The quantitative estimate of drug-likeness (QED) is 0.703. The van der Waals surface area contributed by atoms with Crippen LogP contribution in [-0.4, -0.2) is 25.8 Å². The van der Waals surface area contributed by atoms with E-state index in [9.17, 15) is 8.42 Å². The lowest BCUT2D eigenvalue weighted by atomic mass is 9.77. The largest absolute Gasteiger partial charge is 0.229 e. The first-order chi connectivity index (χ1) is 6.21. The third-order valence-corrected chi connectivity index (χ3v) is 5.27. The molecule has 0 aliphatic rings. The molecule has 0 heterocycles. The summed E-state index contributed by atoms with van der Waals surface area (Å²) < 4.78 is 21.9. The Labute approximate surface area is 96.5 Å². The van der Waals surface area contributed by atoms with Gasteiger partial charge < -0.3 is 0 Å². The molecule has 0 aromatic heterocycles. The summed E-state index contributed by atoms with van der Waals surface area (Å²) >= 11 is 3.50. The lowest BCUT2D eigenvalue weighted by Crippen LogP contribution is -2.26. The number of sulfone groups is 1. The number of rotatable bonds is 6. The predicted octanol–water partition coefficient (Wildman–Crippen LogP) is 2.87. The van der Waals surface area contributed by atoms with Crippen molar-refractivity contribution in [3.63, 3.8) is 0 Å². The van der Waals surface area contributed by atoms with E-state index >= 15 is 0 Å². The number of hydrogen-bond donors (Lipinski definition) is 0. The summed E-state index contributed by atoms with van der Waals surface area (Å²) in [4.78, 5) is 0. The van der Waals surface area contributed by atoms with E-state index in [2.05, 4.69) is 36.7 Å². The van der Waals surface area contributed by atoms with E-state index in [4.69, 9.17) is 0 Å². The summed E-state index contributed by atoms with van der Waals surface area (Å²) in [5.74, 6) is 0.879. The second-order valence-corrected chi connectivity index (χ2v) is 7.50. The normalized spacial score (nSPS) is 17.0. The van der Waals surface area contributed by atoms with Gasteiger partial charge in [-0.1, -0.05) is 36.7 Å². The third kappa shape index (κ3) is 5.35. The van der Waals surface area contributed by atoms with Crippen LogP contribution < -0.4 is 0 Å². The Morgan fingerprint density at radius 3 is 2.14 bits per heavy atom. The summed E-state index contributed by atoms with van der Waals surface area (Å²) in [6.45, 7) is 6.57. The van der Waals surface area contributed by atoms with Gasteiger partial charge in [0, 0.05) is 17.3 Å². The van der Waals surface area contributed by atoms with Crippen LogP contribution in [0.2, 0.25) is 0 Å². The molecule has 0 saturated heterocycles. The monoisotopic (exact) mass is 284 g/mol. The van der Waals surface area contributed by atoms with Crippen LogP contribution in [0.15, 0.2) is 0 Å². The topological polar surface area (TPSA) is 34.1 Å². The Bertz CT molecular complexity index is 259. The highest BCUT2D eigenvalue weighted by molar-refractivity contribution is 9.09. The van der Waals surface area contributed by atoms with Gasteiger partial charge in [0.1, 0.15) is 9.84 Å². The molecule has 2 nitrogen and oxygen atoms in total. The van der Waals surface area contributed by atoms with Crippen molar-refractivity contribution in [1.82, 2.24) is 0 Å². The molecular weight excluding hydrogens is 264 g/mol. The van der Waals surface area contributed by atoms with Gasteiger partial charge in [-0.25, -0.2) is 8.42 Å². The minimum absolute atomic E-state index is 0.213. The van der Waals surface area contributed by atoms with Crippen molar-refractivity contribution >= 4 is 25.8 Å². The Kier molecular flexibility index (Phi) is 5.67. The minimum Gasteiger partial charge on any atom is -0.229 e. The molecule has 0 bridgehead atoms. The molecule has 1 atom stereocenters. The fraction of sp³-hybridized carbons (Fsp3) is 1.00. The average Bonchev–Trinajstić information content (AvgIpc) is 2.01. The van der Waals surface area contributed by atoms with Crippen molar-refractivity contribution in [3.05, 3.63) is 0 Å². The Morgan fingerprint density at radius 2 is 1.86 bits per heavy atom. The van der Waals surface area contributed by atoms with E-state index in [1.807, 2.05) is 0 Å². The van der Waals surface area contributed by atoms with Crippen LogP contribution in [0.3, 0.4) is 0 Å². The highest BCUT2D eigenvalue weighted by Crippen LogP contribution is 2.34. The summed E-state index contributed by atoms with van der Waals surface area (Å²) in [6.07, 6.45) is 3.02. The number of hydrogen-bond acceptors (Lipinski definition) is 2. The summed E-state index contributed by atoms with van der Waals surface area (Å²) in [5, 5.41) is 0.932. The Hall–Kier alpha value is 0.430. The lowest BCUT2D eigenvalue weighted by molar-refractivity contribution is 0.237. The van der Waals surface area contributed by atoms with Gasteiger partial charge in [-0.05, 0) is 24.2 Å². The van der Waals surface area contributed by atoms with Gasteiger partial charge in [-0.2, -0.15) is 0 Å². The molecule has 0 aromatic rings. The molecule has 0 fully saturated rings. The second kappa shape index (κ2) is 5.50. The first-order valence-electron chi connectivity index (χ1n) is 4.95. The standard InChI is InChI=1S/C10H21BrO2S/c1-9(2)10(3,8-11)6-5-7-14(4,12)13/h9H,5-8H2,1-4H3. The maximum absolute atomic E-state index is 11.0. The van der Waals surface area contributed by atoms with E-state index in [0.29, 0.717) is 11.7 Å². The van der Waals surface area contributed by atoms with Crippen molar-refractivity contribution < 1.29 is 8.42 Å². The van der Waals surface area contributed by atoms with Crippen molar-refractivity contribution in [2.24, 2.45) is 11.3 Å². The van der Waals surface area contributed by atoms with Gasteiger partial charge in [-0.3, -0.25) is 0 Å². The molecule has 4 heteroatoms. The summed E-state index contributed by atoms with van der Waals surface area (Å²) in [6, 6.07) is 0. The van der Waals surface area contributed by atoms with Gasteiger partial charge in [0.2, 0.25) is 0 Å². The molecule has 0 spiro atoms. The van der Waals surface area contributed by atoms with Crippen LogP contribution in [-0.2, 0) is 9.84 Å². The van der Waals surface area contributed by atoms with Crippen LogP contribution in [0.5, 0.6) is 0 Å². The van der Waals surface area contributed by atoms with Gasteiger partial charge in [0.05, 0.1) is 0 Å². The molecule has 0 aliphatic heterocycles. The van der Waals surface area contributed by atoms with Crippen LogP contribution in [0.1, 0.15) is 33.6 Å². The number of alkyl halides is 1. The molecule has 1 unspecified atom stereocenters. The zero-order valence-electron chi connectivity index (χ0n) is 9.51. The molecule has 86 valence electrons. The second-order valence-electron chi connectivity index (χ2n) is 4.68. The first kappa shape index (κ1) is 14.4. The molecule has 0 saturated carbocycles. The number of halogens is 1. The van der Waals surface area contributed by atoms with E-state index in [1.165, 1.54) is 6.26 Å². The third-order valence-electron chi connectivity index (χ3n) is 2.96. The highest BCUT2D eigenvalue weighted by atomic mass is 79.9. The summed E-state index contributed by atoms with van der Waals surface area (Å²) in [5.41, 5.74) is 0.213. The smallest absolute Gasteiger partial charge is 0.147 e. The van der Waals surface area contributed by atoms with Crippen LogP contribution in [0, 0.1) is 11.3 Å².